The predicted molar refractivity (Wildman–Crippen MR) is 90.5 cm³/mol. The number of imide groups is 1. The first-order valence-electron chi connectivity index (χ1n) is 8.06. The number of amides is 2. The molecule has 2 heterocycles. The van der Waals surface area contributed by atoms with E-state index >= 15 is 0 Å². The fraction of sp³-hybridized carbons (Fsp3) is 0.471. The van der Waals surface area contributed by atoms with Crippen molar-refractivity contribution < 1.29 is 24.0 Å². The Morgan fingerprint density at radius 3 is 2.54 bits per heavy atom. The number of halogens is 1. The zero-order valence-corrected chi connectivity index (χ0v) is 15.0. The first-order chi connectivity index (χ1) is 11.5. The van der Waals surface area contributed by atoms with Gasteiger partial charge in [0.2, 0.25) is 5.91 Å². The highest BCUT2D eigenvalue weighted by atomic mass is 79.9. The van der Waals surface area contributed by atoms with Crippen molar-refractivity contribution >= 4 is 39.4 Å². The van der Waals surface area contributed by atoms with Gasteiger partial charge in [-0.25, -0.2) is 4.90 Å². The molecule has 7 heteroatoms. The summed E-state index contributed by atoms with van der Waals surface area (Å²) in [7, 11) is 1.40. The van der Waals surface area contributed by atoms with Gasteiger partial charge in [-0.1, -0.05) is 12.1 Å². The molecule has 6 nitrogen and oxygen atoms in total. The second-order valence-electron chi connectivity index (χ2n) is 6.23. The number of quaternary nitrogens is 1. The van der Waals surface area contributed by atoms with Crippen molar-refractivity contribution in [3.63, 3.8) is 0 Å². The van der Waals surface area contributed by atoms with Crippen LogP contribution in [0, 0.1) is 5.92 Å². The van der Waals surface area contributed by atoms with Crippen LogP contribution in [0.1, 0.15) is 19.3 Å². The van der Waals surface area contributed by atoms with Crippen LogP contribution in [0.2, 0.25) is 0 Å². The molecule has 2 aliphatic rings. The largest absolute Gasteiger partial charge is 0.469 e. The average Bonchev–Trinajstić information content (AvgIpc) is 2.89. The minimum absolute atomic E-state index is 0.0923. The maximum absolute atomic E-state index is 12.8. The van der Waals surface area contributed by atoms with E-state index < -0.39 is 0 Å². The third-order valence-electron chi connectivity index (χ3n) is 4.90. The molecule has 2 aliphatic heterocycles. The molecular weight excluding hydrogens is 376 g/mol. The van der Waals surface area contributed by atoms with Crippen LogP contribution in [0.3, 0.4) is 0 Å². The molecule has 0 aliphatic carbocycles. The molecule has 24 heavy (non-hydrogen) atoms. The lowest BCUT2D eigenvalue weighted by molar-refractivity contribution is -0.920. The molecule has 128 valence electrons. The number of ether oxygens (including phenoxy) is 1. The standard InChI is InChI=1S/C17H19BrN2O4/c1-24-17(23)11-6-8-19(9-7-11)14-10-15(21)20(16(14)22)13-5-3-2-4-12(13)18/h2-5,11,14H,6-10H2,1H3/p+1/t14-/m1/s1. The second-order valence-corrected chi connectivity index (χ2v) is 7.09. The first-order valence-corrected chi connectivity index (χ1v) is 8.86. The summed E-state index contributed by atoms with van der Waals surface area (Å²) in [6, 6.07) is 6.88. The van der Waals surface area contributed by atoms with Crippen molar-refractivity contribution in [3.8, 4) is 0 Å². The number of methoxy groups -OCH3 is 1. The van der Waals surface area contributed by atoms with Crippen molar-refractivity contribution in [1.29, 1.82) is 0 Å². The molecule has 1 aromatic carbocycles. The number of carbonyl (C=O) groups is 3. The molecule has 2 fully saturated rings. The second kappa shape index (κ2) is 7.03. The zero-order valence-electron chi connectivity index (χ0n) is 13.5. The van der Waals surface area contributed by atoms with Gasteiger partial charge in [-0.05, 0) is 28.1 Å². The van der Waals surface area contributed by atoms with Crippen LogP contribution in [-0.4, -0.2) is 44.0 Å². The van der Waals surface area contributed by atoms with Gasteiger partial charge in [0.05, 0.1) is 38.2 Å². The van der Waals surface area contributed by atoms with Crippen molar-refractivity contribution in [2.45, 2.75) is 25.3 Å². The number of nitrogens with one attached hydrogen (secondary N) is 1. The molecule has 0 spiro atoms. The van der Waals surface area contributed by atoms with Gasteiger partial charge in [0.25, 0.3) is 5.91 Å². The normalized spacial score (nSPS) is 27.4. The van der Waals surface area contributed by atoms with Gasteiger partial charge >= 0.3 is 5.97 Å². The highest BCUT2D eigenvalue weighted by Crippen LogP contribution is 2.29. The van der Waals surface area contributed by atoms with Crippen LogP contribution in [-0.2, 0) is 19.1 Å². The number of nitrogens with zero attached hydrogens (tertiary/aromatic N) is 1. The number of carbonyl (C=O) groups excluding carboxylic acids is 3. The Hall–Kier alpha value is -1.73. The Morgan fingerprint density at radius 1 is 1.25 bits per heavy atom. The molecule has 2 saturated heterocycles. The summed E-state index contributed by atoms with van der Waals surface area (Å²) in [4.78, 5) is 39.2. The van der Waals surface area contributed by atoms with Crippen LogP contribution in [0.15, 0.2) is 28.7 Å². The molecule has 0 saturated carbocycles. The smallest absolute Gasteiger partial charge is 0.309 e. The van der Waals surface area contributed by atoms with Crippen molar-refractivity contribution in [2.24, 2.45) is 5.92 Å². The van der Waals surface area contributed by atoms with Crippen molar-refractivity contribution in [3.05, 3.63) is 28.7 Å². The topological polar surface area (TPSA) is 68.1 Å². The Bertz CT molecular complexity index is 670. The Labute approximate surface area is 148 Å². The van der Waals surface area contributed by atoms with Gasteiger partial charge in [-0.15, -0.1) is 0 Å². The van der Waals surface area contributed by atoms with E-state index in [9.17, 15) is 14.4 Å². The highest BCUT2D eigenvalue weighted by molar-refractivity contribution is 9.10. The van der Waals surface area contributed by atoms with Gasteiger partial charge < -0.3 is 9.64 Å². The van der Waals surface area contributed by atoms with Gasteiger partial charge in [-0.2, -0.15) is 0 Å². The molecule has 0 bridgehead atoms. The number of anilines is 1. The summed E-state index contributed by atoms with van der Waals surface area (Å²) in [6.07, 6.45) is 1.60. The van der Waals surface area contributed by atoms with E-state index in [1.165, 1.54) is 12.0 Å². The van der Waals surface area contributed by atoms with Crippen molar-refractivity contribution in [1.82, 2.24) is 0 Å². The van der Waals surface area contributed by atoms with Crippen LogP contribution >= 0.6 is 15.9 Å². The number of hydrogen-bond acceptors (Lipinski definition) is 4. The minimum Gasteiger partial charge on any atom is -0.469 e. The van der Waals surface area contributed by atoms with Crippen LogP contribution < -0.4 is 9.80 Å². The van der Waals surface area contributed by atoms with E-state index in [0.717, 1.165) is 9.37 Å². The van der Waals surface area contributed by atoms with E-state index in [-0.39, 0.29) is 36.2 Å². The predicted octanol–water partition coefficient (Wildman–Crippen LogP) is 0.549. The summed E-state index contributed by atoms with van der Waals surface area (Å²) in [5.41, 5.74) is 0.596. The number of benzene rings is 1. The molecule has 0 unspecified atom stereocenters. The lowest BCUT2D eigenvalue weighted by Gasteiger charge is -2.30. The summed E-state index contributed by atoms with van der Waals surface area (Å²) in [5, 5.41) is 0. The molecule has 3 rings (SSSR count). The Kier molecular flexibility index (Phi) is 5.01. The number of para-hydroxylation sites is 1. The number of rotatable bonds is 3. The molecule has 2 amide bonds. The number of hydrogen-bond donors (Lipinski definition) is 1. The molecule has 0 aromatic heterocycles. The van der Waals surface area contributed by atoms with E-state index in [4.69, 9.17) is 4.74 Å². The third-order valence-corrected chi connectivity index (χ3v) is 5.57. The quantitative estimate of drug-likeness (QED) is 0.599. The number of esters is 1. The summed E-state index contributed by atoms with van der Waals surface area (Å²) < 4.78 is 5.52. The van der Waals surface area contributed by atoms with Crippen LogP contribution in [0.4, 0.5) is 5.69 Å². The lowest BCUT2D eigenvalue weighted by atomic mass is 9.95. The molecule has 1 aromatic rings. The lowest BCUT2D eigenvalue weighted by Crippen LogP contribution is -3.17. The number of piperidine rings is 1. The van der Waals surface area contributed by atoms with E-state index in [1.807, 2.05) is 18.2 Å². The maximum atomic E-state index is 12.8. The Morgan fingerprint density at radius 2 is 1.92 bits per heavy atom. The molecule has 1 N–H and O–H groups in total. The summed E-state index contributed by atoms with van der Waals surface area (Å²) in [6.45, 7) is 1.40. The van der Waals surface area contributed by atoms with E-state index in [0.29, 0.717) is 31.6 Å². The van der Waals surface area contributed by atoms with Crippen molar-refractivity contribution in [2.75, 3.05) is 25.1 Å². The van der Waals surface area contributed by atoms with E-state index in [1.54, 1.807) is 6.07 Å². The molecule has 0 radical (unpaired) electrons. The third kappa shape index (κ3) is 3.10. The fourth-order valence-electron chi connectivity index (χ4n) is 3.58. The zero-order chi connectivity index (χ0) is 17.3. The SMILES string of the molecule is COC(=O)C1CC[NH+]([C@@H]2CC(=O)N(c3ccccc3Br)C2=O)CC1. The first kappa shape index (κ1) is 17.1. The minimum atomic E-state index is -0.358. The average molecular weight is 396 g/mol. The van der Waals surface area contributed by atoms with Gasteiger partial charge in [0.15, 0.2) is 6.04 Å². The van der Waals surface area contributed by atoms with Gasteiger partial charge in [0, 0.05) is 17.3 Å². The summed E-state index contributed by atoms with van der Waals surface area (Å²) in [5.74, 6) is -0.596. The van der Waals surface area contributed by atoms with Gasteiger partial charge in [0.1, 0.15) is 0 Å². The van der Waals surface area contributed by atoms with E-state index in [2.05, 4.69) is 15.9 Å². The van der Waals surface area contributed by atoms with Crippen LogP contribution in [0.5, 0.6) is 0 Å². The van der Waals surface area contributed by atoms with Crippen LogP contribution in [0.25, 0.3) is 0 Å². The maximum Gasteiger partial charge on any atom is 0.309 e. The Balaban J connectivity index is 1.71. The summed E-state index contributed by atoms with van der Waals surface area (Å²) >= 11 is 3.40. The fourth-order valence-corrected chi connectivity index (χ4v) is 4.04. The number of likely N-dealkylation sites (tertiary alicyclic amines) is 1. The molecule has 1 atom stereocenters. The van der Waals surface area contributed by atoms with Gasteiger partial charge in [-0.3, -0.25) is 14.4 Å². The monoisotopic (exact) mass is 395 g/mol. The highest BCUT2D eigenvalue weighted by Gasteiger charge is 2.47. The molecular formula is C17H20BrN2O4+.